The number of hydrogen-bond acceptors (Lipinski definition) is 5. The van der Waals surface area contributed by atoms with E-state index in [1.165, 1.54) is 12.1 Å². The minimum absolute atomic E-state index is 0.0624. The molecular formula is C26H30F2N4O2. The number of amides is 1. The van der Waals surface area contributed by atoms with Gasteiger partial charge in [-0.1, -0.05) is 44.2 Å². The van der Waals surface area contributed by atoms with Crippen molar-refractivity contribution in [1.82, 2.24) is 9.88 Å². The number of nitrogens with one attached hydrogen (secondary N) is 1. The fourth-order valence-corrected chi connectivity index (χ4v) is 4.56. The summed E-state index contributed by atoms with van der Waals surface area (Å²) < 4.78 is 35.6. The number of carbonyl (C=O) groups is 1. The summed E-state index contributed by atoms with van der Waals surface area (Å²) in [6, 6.07) is 12.2. The Morgan fingerprint density at radius 2 is 1.71 bits per heavy atom. The topological polar surface area (TPSA) is 61.6 Å². The number of benzene rings is 2. The maximum absolute atomic E-state index is 15.0. The molecule has 0 bridgehead atoms. The third-order valence-electron chi connectivity index (χ3n) is 6.44. The summed E-state index contributed by atoms with van der Waals surface area (Å²) >= 11 is 0. The predicted octanol–water partition coefficient (Wildman–Crippen LogP) is 5.24. The minimum Gasteiger partial charge on any atom is -0.447 e. The van der Waals surface area contributed by atoms with Gasteiger partial charge in [-0.2, -0.15) is 0 Å². The van der Waals surface area contributed by atoms with E-state index in [1.807, 2.05) is 44.2 Å². The zero-order valence-corrected chi connectivity index (χ0v) is 19.5. The summed E-state index contributed by atoms with van der Waals surface area (Å²) in [6.07, 6.45) is 4.52. The summed E-state index contributed by atoms with van der Waals surface area (Å²) in [5.74, 6) is -1.17. The Morgan fingerprint density at radius 1 is 1.06 bits per heavy atom. The summed E-state index contributed by atoms with van der Waals surface area (Å²) in [6.45, 7) is 5.88. The van der Waals surface area contributed by atoms with Crippen molar-refractivity contribution in [1.29, 1.82) is 0 Å². The van der Waals surface area contributed by atoms with Gasteiger partial charge in [0.25, 0.3) is 0 Å². The molecule has 1 aromatic heterocycles. The lowest BCUT2D eigenvalue weighted by atomic mass is 10.0. The number of aromatic nitrogens is 1. The molecule has 0 radical (unpaired) electrons. The highest BCUT2D eigenvalue weighted by atomic mass is 19.1. The number of halogens is 2. The highest BCUT2D eigenvalue weighted by Gasteiger charge is 2.31. The molecule has 34 heavy (non-hydrogen) atoms. The first-order valence-electron chi connectivity index (χ1n) is 11.7. The second kappa shape index (κ2) is 10.8. The molecule has 4 rings (SSSR count). The molecule has 2 heterocycles. The van der Waals surface area contributed by atoms with Crippen LogP contribution in [0.1, 0.15) is 44.2 Å². The second-order valence-electron chi connectivity index (χ2n) is 8.50. The van der Waals surface area contributed by atoms with Gasteiger partial charge in [0, 0.05) is 37.8 Å². The number of anilines is 2. The van der Waals surface area contributed by atoms with E-state index < -0.39 is 11.6 Å². The van der Waals surface area contributed by atoms with E-state index in [0.29, 0.717) is 44.9 Å². The number of rotatable bonds is 8. The van der Waals surface area contributed by atoms with Gasteiger partial charge in [0.1, 0.15) is 18.0 Å². The number of carbonyl (C=O) groups excluding carboxylic acids is 1. The van der Waals surface area contributed by atoms with Crippen LogP contribution in [0.5, 0.6) is 0 Å². The fraction of sp³-hybridized carbons (Fsp3) is 0.385. The fourth-order valence-electron chi connectivity index (χ4n) is 4.56. The lowest BCUT2D eigenvalue weighted by Crippen LogP contribution is -2.48. The molecule has 1 aliphatic rings. The van der Waals surface area contributed by atoms with Gasteiger partial charge in [0.05, 0.1) is 6.20 Å². The van der Waals surface area contributed by atoms with Crippen molar-refractivity contribution in [3.8, 4) is 0 Å². The molecule has 1 unspecified atom stereocenters. The highest BCUT2D eigenvalue weighted by molar-refractivity contribution is 5.92. The monoisotopic (exact) mass is 468 g/mol. The Morgan fingerprint density at radius 3 is 2.26 bits per heavy atom. The lowest BCUT2D eigenvalue weighted by molar-refractivity contribution is -0.120. The van der Waals surface area contributed by atoms with Crippen molar-refractivity contribution in [2.45, 2.75) is 32.7 Å². The number of nitrogens with zero attached hydrogens (tertiary/aromatic N) is 3. The number of hydrogen-bond donors (Lipinski definition) is 1. The Hall–Kier alpha value is -3.26. The van der Waals surface area contributed by atoms with Crippen LogP contribution in [0.4, 0.5) is 20.2 Å². The molecule has 8 heteroatoms. The predicted molar refractivity (Wildman–Crippen MR) is 128 cm³/mol. The molecule has 2 aromatic carbocycles. The smallest absolute Gasteiger partial charge is 0.227 e. The van der Waals surface area contributed by atoms with Crippen LogP contribution in [0, 0.1) is 17.6 Å². The first-order chi connectivity index (χ1) is 16.5. The number of oxazole rings is 1. The van der Waals surface area contributed by atoms with Crippen LogP contribution < -0.4 is 10.2 Å². The Kier molecular flexibility index (Phi) is 7.57. The number of piperazine rings is 1. The van der Waals surface area contributed by atoms with Gasteiger partial charge >= 0.3 is 0 Å². The first kappa shape index (κ1) is 23.9. The molecule has 180 valence electrons. The quantitative estimate of drug-likeness (QED) is 0.490. The van der Waals surface area contributed by atoms with E-state index in [0.717, 1.165) is 5.56 Å². The average molecular weight is 469 g/mol. The van der Waals surface area contributed by atoms with Crippen LogP contribution in [-0.2, 0) is 4.79 Å². The van der Waals surface area contributed by atoms with Crippen LogP contribution in [0.3, 0.4) is 0 Å². The Bertz CT molecular complexity index is 1060. The Labute approximate surface area is 198 Å². The van der Waals surface area contributed by atoms with Crippen LogP contribution in [-0.4, -0.2) is 42.0 Å². The Balaban J connectivity index is 1.48. The lowest BCUT2D eigenvalue weighted by Gasteiger charge is -2.39. The van der Waals surface area contributed by atoms with Crippen LogP contribution in [0.2, 0.25) is 0 Å². The normalized spacial score (nSPS) is 15.5. The van der Waals surface area contributed by atoms with Crippen molar-refractivity contribution < 1.29 is 18.0 Å². The summed E-state index contributed by atoms with van der Waals surface area (Å²) in [7, 11) is 0. The molecule has 1 amide bonds. The van der Waals surface area contributed by atoms with Gasteiger partial charge in [0.15, 0.2) is 11.6 Å². The van der Waals surface area contributed by atoms with Gasteiger partial charge in [-0.15, -0.1) is 0 Å². The van der Waals surface area contributed by atoms with Crippen molar-refractivity contribution in [2.24, 2.45) is 5.92 Å². The molecule has 6 nitrogen and oxygen atoms in total. The molecule has 0 aliphatic carbocycles. The molecule has 3 aromatic rings. The first-order valence-corrected chi connectivity index (χ1v) is 11.7. The molecule has 1 aliphatic heterocycles. The molecule has 1 atom stereocenters. The highest BCUT2D eigenvalue weighted by Crippen LogP contribution is 2.32. The van der Waals surface area contributed by atoms with Crippen molar-refractivity contribution >= 4 is 17.3 Å². The van der Waals surface area contributed by atoms with Gasteiger partial charge in [-0.3, -0.25) is 9.69 Å². The summed E-state index contributed by atoms with van der Waals surface area (Å²) in [4.78, 5) is 20.6. The van der Waals surface area contributed by atoms with Gasteiger partial charge in [0.2, 0.25) is 11.8 Å². The maximum Gasteiger partial charge on any atom is 0.227 e. The van der Waals surface area contributed by atoms with Gasteiger partial charge in [-0.05, 0) is 30.5 Å². The van der Waals surface area contributed by atoms with Crippen molar-refractivity contribution in [3.63, 3.8) is 0 Å². The molecule has 0 spiro atoms. The van der Waals surface area contributed by atoms with E-state index in [2.05, 4.69) is 15.2 Å². The van der Waals surface area contributed by atoms with Crippen molar-refractivity contribution in [2.75, 3.05) is 36.4 Å². The zero-order valence-electron chi connectivity index (χ0n) is 19.5. The average Bonchev–Trinajstić information content (AvgIpc) is 3.36. The van der Waals surface area contributed by atoms with E-state index in [1.54, 1.807) is 17.4 Å². The summed E-state index contributed by atoms with van der Waals surface area (Å²) in [5, 5.41) is 2.65. The SMILES string of the molecule is CCC(CC)C(=O)Nc1cc(F)c(N2CCN(C(c3ccccc3)c3ncco3)CC2)c(F)c1. The van der Waals surface area contributed by atoms with E-state index in [4.69, 9.17) is 4.42 Å². The van der Waals surface area contributed by atoms with Crippen LogP contribution in [0.15, 0.2) is 59.3 Å². The van der Waals surface area contributed by atoms with Crippen LogP contribution in [0.25, 0.3) is 0 Å². The largest absolute Gasteiger partial charge is 0.447 e. The zero-order chi connectivity index (χ0) is 24.1. The van der Waals surface area contributed by atoms with Crippen LogP contribution >= 0.6 is 0 Å². The third-order valence-corrected chi connectivity index (χ3v) is 6.44. The van der Waals surface area contributed by atoms with E-state index >= 15 is 0 Å². The molecule has 0 saturated carbocycles. The van der Waals surface area contributed by atoms with Gasteiger partial charge < -0.3 is 14.6 Å². The van der Waals surface area contributed by atoms with Crippen molar-refractivity contribution in [3.05, 3.63) is 78.0 Å². The standard InChI is InChI=1S/C26H30F2N4O2/c1-3-18(4-2)25(33)30-20-16-21(27)24(22(28)17-20)32-13-11-31(12-14-32)23(26-29-10-15-34-26)19-8-6-5-7-9-19/h5-10,15-18,23H,3-4,11-14H2,1-2H3,(H,30,33). The summed E-state index contributed by atoms with van der Waals surface area (Å²) in [5.41, 5.74) is 1.13. The van der Waals surface area contributed by atoms with E-state index in [9.17, 15) is 13.6 Å². The molecular weight excluding hydrogens is 438 g/mol. The maximum atomic E-state index is 15.0. The third kappa shape index (κ3) is 5.12. The molecule has 1 fully saturated rings. The minimum atomic E-state index is -0.680. The molecule has 1 saturated heterocycles. The second-order valence-corrected chi connectivity index (χ2v) is 8.50. The van der Waals surface area contributed by atoms with E-state index in [-0.39, 0.29) is 29.2 Å². The van der Waals surface area contributed by atoms with Gasteiger partial charge in [-0.25, -0.2) is 13.8 Å². The molecule has 1 N–H and O–H groups in total.